The Morgan fingerprint density at radius 3 is 2.95 bits per heavy atom. The van der Waals surface area contributed by atoms with Crippen molar-refractivity contribution in [2.45, 2.75) is 44.0 Å². The third-order valence-corrected chi connectivity index (χ3v) is 3.94. The predicted octanol–water partition coefficient (Wildman–Crippen LogP) is 0.350. The van der Waals surface area contributed by atoms with Crippen molar-refractivity contribution in [1.29, 1.82) is 0 Å². The Balaban J connectivity index is 1.61. The summed E-state index contributed by atoms with van der Waals surface area (Å²) in [5.74, 6) is -0.131. The van der Waals surface area contributed by atoms with Crippen molar-refractivity contribution in [3.05, 3.63) is 37.2 Å². The van der Waals surface area contributed by atoms with E-state index in [1.54, 1.807) is 35.7 Å². The normalized spacial score (nSPS) is 25.7. The molecule has 0 unspecified atom stereocenters. The van der Waals surface area contributed by atoms with Crippen molar-refractivity contribution >= 4 is 5.91 Å². The summed E-state index contributed by atoms with van der Waals surface area (Å²) in [4.78, 5) is 16.0. The number of carbonyl (C=O) groups is 1. The van der Waals surface area contributed by atoms with Crippen LogP contribution in [0.25, 0.3) is 0 Å². The molecular weight excluding hydrogens is 270 g/mol. The summed E-state index contributed by atoms with van der Waals surface area (Å²) in [5, 5.41) is 17.4. The number of rotatable bonds is 4. The van der Waals surface area contributed by atoms with Crippen LogP contribution in [0.2, 0.25) is 0 Å². The molecule has 7 nitrogen and oxygen atoms in total. The van der Waals surface area contributed by atoms with Gasteiger partial charge in [0, 0.05) is 24.8 Å². The van der Waals surface area contributed by atoms with E-state index in [0.29, 0.717) is 0 Å². The second-order valence-corrected chi connectivity index (χ2v) is 5.38. The molecule has 2 aromatic rings. The van der Waals surface area contributed by atoms with Crippen molar-refractivity contribution in [2.75, 3.05) is 0 Å². The van der Waals surface area contributed by atoms with Gasteiger partial charge in [-0.05, 0) is 25.3 Å². The molecule has 3 atom stereocenters. The maximum Gasteiger partial charge on any atom is 0.242 e. The Hall–Kier alpha value is -2.15. The molecule has 1 aliphatic carbocycles. The number of aliphatic hydroxyl groups excluding tert-OH is 1. The molecule has 0 spiro atoms. The molecule has 1 amide bonds. The highest BCUT2D eigenvalue weighted by Crippen LogP contribution is 2.28. The van der Waals surface area contributed by atoms with Crippen LogP contribution in [0.15, 0.2) is 37.2 Å². The van der Waals surface area contributed by atoms with Crippen LogP contribution in [0.1, 0.15) is 25.3 Å². The van der Waals surface area contributed by atoms with Gasteiger partial charge in [-0.3, -0.25) is 9.48 Å². The maximum atomic E-state index is 12.0. The standard InChI is InChI=1S/C14H19N5O2/c20-13(9-19-7-2-5-16-19)17-11-3-1-4-12(14(11)21)18-8-6-15-10-18/h2,5-8,10-12,14,21H,1,3-4,9H2,(H,17,20)/t11-,12-,14-/m1/s1. The van der Waals surface area contributed by atoms with Crippen LogP contribution in [0.5, 0.6) is 0 Å². The fraction of sp³-hybridized carbons (Fsp3) is 0.500. The zero-order valence-corrected chi connectivity index (χ0v) is 11.7. The smallest absolute Gasteiger partial charge is 0.242 e. The zero-order chi connectivity index (χ0) is 14.7. The van der Waals surface area contributed by atoms with Crippen LogP contribution in [-0.4, -0.2) is 42.5 Å². The molecule has 2 aromatic heterocycles. The van der Waals surface area contributed by atoms with Crippen LogP contribution in [-0.2, 0) is 11.3 Å². The molecular formula is C14H19N5O2. The number of nitrogens with zero attached hydrogens (tertiary/aromatic N) is 4. The van der Waals surface area contributed by atoms with E-state index in [1.807, 2.05) is 10.8 Å². The lowest BCUT2D eigenvalue weighted by molar-refractivity contribution is -0.124. The molecule has 0 saturated heterocycles. The Morgan fingerprint density at radius 1 is 1.33 bits per heavy atom. The summed E-state index contributed by atoms with van der Waals surface area (Å²) in [6.45, 7) is 0.173. The number of aliphatic hydroxyl groups is 1. The van der Waals surface area contributed by atoms with Gasteiger partial charge in [-0.15, -0.1) is 0 Å². The van der Waals surface area contributed by atoms with Gasteiger partial charge in [0.2, 0.25) is 5.91 Å². The molecule has 1 saturated carbocycles. The molecule has 112 valence electrons. The molecule has 7 heteroatoms. The van der Waals surface area contributed by atoms with Crippen LogP contribution >= 0.6 is 0 Å². The second-order valence-electron chi connectivity index (χ2n) is 5.38. The number of carbonyl (C=O) groups excluding carboxylic acids is 1. The highest BCUT2D eigenvalue weighted by molar-refractivity contribution is 5.76. The van der Waals surface area contributed by atoms with E-state index in [9.17, 15) is 9.90 Å². The number of hydrogen-bond acceptors (Lipinski definition) is 4. The van der Waals surface area contributed by atoms with Crippen LogP contribution in [0, 0.1) is 0 Å². The van der Waals surface area contributed by atoms with Gasteiger partial charge in [0.1, 0.15) is 6.54 Å². The Labute approximate surface area is 122 Å². The van der Waals surface area contributed by atoms with Gasteiger partial charge in [0.15, 0.2) is 0 Å². The lowest BCUT2D eigenvalue weighted by Crippen LogP contribution is -2.50. The molecule has 1 aliphatic rings. The highest BCUT2D eigenvalue weighted by atomic mass is 16.3. The number of aromatic nitrogens is 4. The van der Waals surface area contributed by atoms with Crippen molar-refractivity contribution in [2.24, 2.45) is 0 Å². The number of imidazole rings is 1. The van der Waals surface area contributed by atoms with Gasteiger partial charge < -0.3 is 15.0 Å². The fourth-order valence-electron chi connectivity index (χ4n) is 2.90. The fourth-order valence-corrected chi connectivity index (χ4v) is 2.90. The third-order valence-electron chi connectivity index (χ3n) is 3.94. The largest absolute Gasteiger partial charge is 0.389 e. The first-order chi connectivity index (χ1) is 10.2. The van der Waals surface area contributed by atoms with Gasteiger partial charge >= 0.3 is 0 Å². The highest BCUT2D eigenvalue weighted by Gasteiger charge is 2.33. The number of hydrogen-bond donors (Lipinski definition) is 2. The summed E-state index contributed by atoms with van der Waals surface area (Å²) in [6, 6.07) is 1.52. The first-order valence-electron chi connectivity index (χ1n) is 7.16. The lowest BCUT2D eigenvalue weighted by atomic mass is 9.88. The minimum Gasteiger partial charge on any atom is -0.389 e. The van der Waals surface area contributed by atoms with Crippen LogP contribution < -0.4 is 5.32 Å². The number of nitrogens with one attached hydrogen (secondary N) is 1. The van der Waals surface area contributed by atoms with E-state index in [2.05, 4.69) is 15.4 Å². The molecule has 3 rings (SSSR count). The summed E-state index contributed by atoms with van der Waals surface area (Å²) < 4.78 is 3.48. The zero-order valence-electron chi connectivity index (χ0n) is 11.7. The number of amides is 1. The molecule has 0 bridgehead atoms. The van der Waals surface area contributed by atoms with E-state index in [1.165, 1.54) is 0 Å². The second kappa shape index (κ2) is 6.09. The maximum absolute atomic E-state index is 12.0. The summed E-state index contributed by atoms with van der Waals surface area (Å²) in [5.41, 5.74) is 0. The van der Waals surface area contributed by atoms with E-state index in [-0.39, 0.29) is 24.5 Å². The van der Waals surface area contributed by atoms with Crippen LogP contribution in [0.4, 0.5) is 0 Å². The first kappa shape index (κ1) is 13.8. The molecule has 2 N–H and O–H groups in total. The summed E-state index contributed by atoms with van der Waals surface area (Å²) in [6.07, 6.45) is 10.7. The van der Waals surface area contributed by atoms with Gasteiger partial charge in [-0.25, -0.2) is 4.98 Å². The van der Waals surface area contributed by atoms with Crippen molar-refractivity contribution in [3.8, 4) is 0 Å². The minimum absolute atomic E-state index is 0.0312. The van der Waals surface area contributed by atoms with Crippen LogP contribution in [0.3, 0.4) is 0 Å². The van der Waals surface area contributed by atoms with E-state index >= 15 is 0 Å². The third kappa shape index (κ3) is 3.13. The minimum atomic E-state index is -0.602. The van der Waals surface area contributed by atoms with E-state index < -0.39 is 6.10 Å². The average molecular weight is 289 g/mol. The molecule has 1 fully saturated rings. The summed E-state index contributed by atoms with van der Waals surface area (Å²) >= 11 is 0. The monoisotopic (exact) mass is 289 g/mol. The van der Waals surface area contributed by atoms with Crippen molar-refractivity contribution < 1.29 is 9.90 Å². The predicted molar refractivity (Wildman–Crippen MR) is 75.3 cm³/mol. The first-order valence-corrected chi connectivity index (χ1v) is 7.16. The molecule has 21 heavy (non-hydrogen) atoms. The quantitative estimate of drug-likeness (QED) is 0.850. The topological polar surface area (TPSA) is 85.0 Å². The molecule has 0 aliphatic heterocycles. The van der Waals surface area contributed by atoms with Gasteiger partial charge in [-0.1, -0.05) is 0 Å². The van der Waals surface area contributed by atoms with E-state index in [4.69, 9.17) is 0 Å². The summed E-state index contributed by atoms with van der Waals surface area (Å²) in [7, 11) is 0. The SMILES string of the molecule is O=C(Cn1cccn1)N[C@@H]1CCC[C@@H](n2ccnc2)[C@@H]1O. The Morgan fingerprint density at radius 2 is 2.24 bits per heavy atom. The van der Waals surface area contributed by atoms with Gasteiger partial charge in [0.05, 0.1) is 24.5 Å². The lowest BCUT2D eigenvalue weighted by Gasteiger charge is -2.35. The molecule has 0 radical (unpaired) electrons. The Bertz CT molecular complexity index is 566. The van der Waals surface area contributed by atoms with Gasteiger partial charge in [0.25, 0.3) is 0 Å². The van der Waals surface area contributed by atoms with E-state index in [0.717, 1.165) is 19.3 Å². The average Bonchev–Trinajstić information content (AvgIpc) is 3.14. The van der Waals surface area contributed by atoms with Crippen molar-refractivity contribution in [3.63, 3.8) is 0 Å². The van der Waals surface area contributed by atoms with Crippen molar-refractivity contribution in [1.82, 2.24) is 24.6 Å². The molecule has 2 heterocycles. The Kier molecular flexibility index (Phi) is 4.01. The van der Waals surface area contributed by atoms with Gasteiger partial charge in [-0.2, -0.15) is 5.10 Å². The molecule has 0 aromatic carbocycles.